The number of rotatable bonds is 3. The molecule has 2 atom stereocenters. The molecule has 0 bridgehead atoms. The molecule has 0 saturated carbocycles. The van der Waals surface area contributed by atoms with Gasteiger partial charge in [0, 0.05) is 17.3 Å². The molecule has 1 saturated heterocycles. The lowest BCUT2D eigenvalue weighted by atomic mass is 9.82. The van der Waals surface area contributed by atoms with Crippen molar-refractivity contribution in [2.45, 2.75) is 37.8 Å². The highest BCUT2D eigenvalue weighted by Gasteiger charge is 2.34. The van der Waals surface area contributed by atoms with Gasteiger partial charge in [-0.15, -0.1) is 0 Å². The Bertz CT molecular complexity index is 574. The zero-order valence-corrected chi connectivity index (χ0v) is 12.4. The predicted molar refractivity (Wildman–Crippen MR) is 84.9 cm³/mol. The Morgan fingerprint density at radius 2 is 1.95 bits per heavy atom. The normalized spacial score (nSPS) is 23.7. The second-order valence-electron chi connectivity index (χ2n) is 6.04. The summed E-state index contributed by atoms with van der Waals surface area (Å²) in [4.78, 5) is 4.35. The third-order valence-corrected chi connectivity index (χ3v) is 4.44. The molecule has 1 aliphatic rings. The van der Waals surface area contributed by atoms with E-state index in [1.54, 1.807) is 6.20 Å². The Labute approximate surface area is 126 Å². The average Bonchev–Trinajstić information content (AvgIpc) is 2.56. The van der Waals surface area contributed by atoms with Crippen LogP contribution in [0.4, 0.5) is 0 Å². The van der Waals surface area contributed by atoms with Crippen LogP contribution in [0.25, 0.3) is 11.3 Å². The van der Waals surface area contributed by atoms with Gasteiger partial charge in [-0.2, -0.15) is 0 Å². The summed E-state index contributed by atoms with van der Waals surface area (Å²) in [6.07, 6.45) is 4.70. The van der Waals surface area contributed by atoms with E-state index in [1.165, 1.54) is 12.8 Å². The van der Waals surface area contributed by atoms with Gasteiger partial charge in [0.25, 0.3) is 0 Å². The minimum Gasteiger partial charge on any atom is -0.386 e. The highest BCUT2D eigenvalue weighted by Crippen LogP contribution is 2.33. The largest absolute Gasteiger partial charge is 0.386 e. The molecule has 0 radical (unpaired) electrons. The molecule has 3 nitrogen and oxygen atoms in total. The summed E-state index contributed by atoms with van der Waals surface area (Å²) in [5.74, 6) is 0. The first-order valence-corrected chi connectivity index (χ1v) is 7.63. The van der Waals surface area contributed by atoms with Crippen LogP contribution in [-0.2, 0) is 0 Å². The van der Waals surface area contributed by atoms with E-state index in [4.69, 9.17) is 0 Å². The number of aliphatic hydroxyl groups is 1. The Morgan fingerprint density at radius 3 is 2.57 bits per heavy atom. The molecular weight excluding hydrogens is 260 g/mol. The van der Waals surface area contributed by atoms with Gasteiger partial charge in [0.1, 0.15) is 0 Å². The van der Waals surface area contributed by atoms with E-state index >= 15 is 0 Å². The summed E-state index contributed by atoms with van der Waals surface area (Å²) in [6.45, 7) is 3.10. The van der Waals surface area contributed by atoms with E-state index in [2.05, 4.69) is 17.2 Å². The molecule has 1 aromatic carbocycles. The predicted octanol–water partition coefficient (Wildman–Crippen LogP) is 3.31. The molecule has 1 fully saturated rings. The molecule has 110 valence electrons. The number of piperidine rings is 1. The van der Waals surface area contributed by atoms with Gasteiger partial charge in [-0.1, -0.05) is 36.8 Å². The summed E-state index contributed by atoms with van der Waals surface area (Å²) in [5.41, 5.74) is 2.78. The zero-order chi connectivity index (χ0) is 14.7. The maximum atomic E-state index is 10.7. The molecule has 3 heteroatoms. The quantitative estimate of drug-likeness (QED) is 0.908. The maximum absolute atomic E-state index is 10.7. The fraction of sp³-hybridized carbons (Fsp3) is 0.389. The maximum Gasteiger partial charge on any atom is 0.0968 e. The molecule has 1 aromatic heterocycles. The van der Waals surface area contributed by atoms with Crippen molar-refractivity contribution in [2.75, 3.05) is 6.54 Å². The zero-order valence-electron chi connectivity index (χ0n) is 12.4. The SMILES string of the molecule is C[C@@]1([C@@H](O)c2ccc(-c3ccccn3)cc2)CCCCN1. The van der Waals surface area contributed by atoms with Crippen LogP contribution in [0.5, 0.6) is 0 Å². The highest BCUT2D eigenvalue weighted by molar-refractivity contribution is 5.59. The van der Waals surface area contributed by atoms with Gasteiger partial charge in [0.05, 0.1) is 11.8 Å². The van der Waals surface area contributed by atoms with Crippen LogP contribution in [-0.4, -0.2) is 22.2 Å². The van der Waals surface area contributed by atoms with Crippen LogP contribution in [0.1, 0.15) is 37.9 Å². The molecule has 3 rings (SSSR count). The molecule has 2 N–H and O–H groups in total. The van der Waals surface area contributed by atoms with E-state index in [0.29, 0.717) is 0 Å². The summed E-state index contributed by atoms with van der Waals surface area (Å²) in [7, 11) is 0. The topological polar surface area (TPSA) is 45.2 Å². The lowest BCUT2D eigenvalue weighted by Gasteiger charge is -2.39. The lowest BCUT2D eigenvalue weighted by molar-refractivity contribution is 0.0515. The van der Waals surface area contributed by atoms with E-state index in [0.717, 1.165) is 29.8 Å². The van der Waals surface area contributed by atoms with Crippen LogP contribution < -0.4 is 5.32 Å². The van der Waals surface area contributed by atoms with Crippen molar-refractivity contribution < 1.29 is 5.11 Å². The fourth-order valence-corrected chi connectivity index (χ4v) is 3.05. The molecular formula is C18H22N2O. The number of hydrogen-bond acceptors (Lipinski definition) is 3. The van der Waals surface area contributed by atoms with Crippen molar-refractivity contribution in [1.29, 1.82) is 0 Å². The molecule has 21 heavy (non-hydrogen) atoms. The van der Waals surface area contributed by atoms with Gasteiger partial charge in [0.15, 0.2) is 0 Å². The molecule has 0 spiro atoms. The van der Waals surface area contributed by atoms with E-state index in [-0.39, 0.29) is 5.54 Å². The average molecular weight is 282 g/mol. The third kappa shape index (κ3) is 2.99. The number of benzene rings is 1. The van der Waals surface area contributed by atoms with Crippen molar-refractivity contribution >= 4 is 0 Å². The Morgan fingerprint density at radius 1 is 1.14 bits per heavy atom. The number of nitrogens with one attached hydrogen (secondary N) is 1. The minimum atomic E-state index is -0.476. The van der Waals surface area contributed by atoms with Gasteiger partial charge in [-0.25, -0.2) is 0 Å². The van der Waals surface area contributed by atoms with E-state index in [1.807, 2.05) is 42.5 Å². The molecule has 2 aromatic rings. The number of aliphatic hydroxyl groups excluding tert-OH is 1. The van der Waals surface area contributed by atoms with Crippen molar-refractivity contribution in [3.8, 4) is 11.3 Å². The van der Waals surface area contributed by atoms with E-state index < -0.39 is 6.10 Å². The van der Waals surface area contributed by atoms with E-state index in [9.17, 15) is 5.11 Å². The second kappa shape index (κ2) is 5.96. The summed E-state index contributed by atoms with van der Waals surface area (Å²) < 4.78 is 0. The van der Waals surface area contributed by atoms with Crippen LogP contribution in [0.3, 0.4) is 0 Å². The van der Waals surface area contributed by atoms with Crippen molar-refractivity contribution in [3.63, 3.8) is 0 Å². The summed E-state index contributed by atoms with van der Waals surface area (Å²) in [5, 5.41) is 14.2. The monoisotopic (exact) mass is 282 g/mol. The van der Waals surface area contributed by atoms with Gasteiger partial charge in [-0.05, 0) is 44.0 Å². The summed E-state index contributed by atoms with van der Waals surface area (Å²) >= 11 is 0. The van der Waals surface area contributed by atoms with Crippen LogP contribution in [0.2, 0.25) is 0 Å². The molecule has 0 aliphatic carbocycles. The standard InChI is InChI=1S/C18H22N2O/c1-18(11-3-5-13-20-18)17(21)15-9-7-14(8-10-15)16-6-2-4-12-19-16/h2,4,6-10,12,17,20-21H,3,5,11,13H2,1H3/t17-,18-/m0/s1. The second-order valence-corrected chi connectivity index (χ2v) is 6.04. The van der Waals surface area contributed by atoms with Gasteiger partial charge in [-0.3, -0.25) is 4.98 Å². The number of nitrogens with zero attached hydrogens (tertiary/aromatic N) is 1. The lowest BCUT2D eigenvalue weighted by Crippen LogP contribution is -2.50. The molecule has 2 heterocycles. The summed E-state index contributed by atoms with van der Waals surface area (Å²) in [6, 6.07) is 14.0. The van der Waals surface area contributed by atoms with Crippen molar-refractivity contribution in [2.24, 2.45) is 0 Å². The van der Waals surface area contributed by atoms with Gasteiger partial charge in [0.2, 0.25) is 0 Å². The minimum absolute atomic E-state index is 0.217. The van der Waals surface area contributed by atoms with Crippen molar-refractivity contribution in [3.05, 3.63) is 54.2 Å². The van der Waals surface area contributed by atoms with Crippen LogP contribution in [0, 0.1) is 0 Å². The Kier molecular flexibility index (Phi) is 4.04. The third-order valence-electron chi connectivity index (χ3n) is 4.44. The molecule has 0 amide bonds. The van der Waals surface area contributed by atoms with Crippen LogP contribution >= 0.6 is 0 Å². The Balaban J connectivity index is 1.80. The molecule has 0 unspecified atom stereocenters. The van der Waals surface area contributed by atoms with Gasteiger partial charge >= 0.3 is 0 Å². The van der Waals surface area contributed by atoms with Crippen molar-refractivity contribution in [1.82, 2.24) is 10.3 Å². The first-order chi connectivity index (χ1) is 10.2. The first kappa shape index (κ1) is 14.2. The molecule has 1 aliphatic heterocycles. The van der Waals surface area contributed by atoms with Gasteiger partial charge < -0.3 is 10.4 Å². The number of aromatic nitrogens is 1. The smallest absolute Gasteiger partial charge is 0.0968 e. The Hall–Kier alpha value is -1.71. The highest BCUT2D eigenvalue weighted by atomic mass is 16.3. The number of hydrogen-bond donors (Lipinski definition) is 2. The van der Waals surface area contributed by atoms with Crippen LogP contribution in [0.15, 0.2) is 48.7 Å². The fourth-order valence-electron chi connectivity index (χ4n) is 3.05. The number of pyridine rings is 1. The first-order valence-electron chi connectivity index (χ1n) is 7.63.